The van der Waals surface area contributed by atoms with E-state index in [-0.39, 0.29) is 5.56 Å². The summed E-state index contributed by atoms with van der Waals surface area (Å²) in [5.41, 5.74) is -0.796. The molecule has 2 N–H and O–H groups in total. The summed E-state index contributed by atoms with van der Waals surface area (Å²) in [6.45, 7) is 1.74. The van der Waals surface area contributed by atoms with Crippen LogP contribution in [0, 0.1) is 6.92 Å². The molecule has 0 heterocycles. The van der Waals surface area contributed by atoms with E-state index in [1.165, 1.54) is 13.0 Å². The quantitative estimate of drug-likeness (QED) is 0.879. The van der Waals surface area contributed by atoms with E-state index in [9.17, 15) is 18.3 Å². The zero-order chi connectivity index (χ0) is 14.1. The minimum absolute atomic E-state index is 0.206. The highest BCUT2D eigenvalue weighted by molar-refractivity contribution is 5.49. The van der Waals surface area contributed by atoms with Gasteiger partial charge in [0.2, 0.25) is 0 Å². The number of anilines is 1. The molecule has 2 rings (SSSR count). The third-order valence-electron chi connectivity index (χ3n) is 3.70. The summed E-state index contributed by atoms with van der Waals surface area (Å²) in [5.74, 6) is 0. The van der Waals surface area contributed by atoms with E-state index in [0.29, 0.717) is 25.1 Å². The van der Waals surface area contributed by atoms with E-state index in [1.807, 2.05) is 0 Å². The third-order valence-corrected chi connectivity index (χ3v) is 3.70. The van der Waals surface area contributed by atoms with Crippen molar-refractivity contribution in [1.29, 1.82) is 0 Å². The molecule has 0 amide bonds. The van der Waals surface area contributed by atoms with Crippen LogP contribution in [0.2, 0.25) is 0 Å². The highest BCUT2D eigenvalue weighted by Gasteiger charge is 2.33. The van der Waals surface area contributed by atoms with Gasteiger partial charge in [-0.2, -0.15) is 13.2 Å². The predicted molar refractivity (Wildman–Crippen MR) is 68.1 cm³/mol. The van der Waals surface area contributed by atoms with Crippen LogP contribution in [0.4, 0.5) is 18.9 Å². The Bertz CT molecular complexity index is 450. The van der Waals surface area contributed by atoms with E-state index in [1.54, 1.807) is 6.07 Å². The molecule has 5 heteroatoms. The van der Waals surface area contributed by atoms with Crippen LogP contribution in [0.3, 0.4) is 0 Å². The lowest BCUT2D eigenvalue weighted by atomic mass is 10.0. The Morgan fingerprint density at radius 1 is 1.26 bits per heavy atom. The summed E-state index contributed by atoms with van der Waals surface area (Å²) in [7, 11) is 0. The van der Waals surface area contributed by atoms with E-state index in [4.69, 9.17) is 0 Å². The average molecular weight is 273 g/mol. The Hall–Kier alpha value is -1.23. The molecule has 1 aromatic carbocycles. The lowest BCUT2D eigenvalue weighted by molar-refractivity contribution is -0.138. The first-order valence-corrected chi connectivity index (χ1v) is 6.44. The minimum atomic E-state index is -4.34. The van der Waals surface area contributed by atoms with Crippen molar-refractivity contribution >= 4 is 5.69 Å². The van der Waals surface area contributed by atoms with E-state index in [2.05, 4.69) is 5.32 Å². The molecule has 0 saturated heterocycles. The van der Waals surface area contributed by atoms with Gasteiger partial charge in [0.05, 0.1) is 11.2 Å². The third kappa shape index (κ3) is 3.41. The van der Waals surface area contributed by atoms with Crippen molar-refractivity contribution < 1.29 is 18.3 Å². The van der Waals surface area contributed by atoms with Crippen LogP contribution in [-0.4, -0.2) is 17.3 Å². The molecule has 1 fully saturated rings. The number of rotatable bonds is 3. The van der Waals surface area contributed by atoms with Crippen LogP contribution < -0.4 is 5.32 Å². The number of halogens is 3. The molecule has 1 aromatic rings. The van der Waals surface area contributed by atoms with Crippen molar-refractivity contribution in [1.82, 2.24) is 0 Å². The number of nitrogens with one attached hydrogen (secondary N) is 1. The first-order valence-electron chi connectivity index (χ1n) is 6.44. The van der Waals surface area contributed by atoms with Crippen molar-refractivity contribution in [2.45, 2.75) is 44.4 Å². The molecule has 0 spiro atoms. The topological polar surface area (TPSA) is 32.3 Å². The fourth-order valence-electron chi connectivity index (χ4n) is 2.51. The minimum Gasteiger partial charge on any atom is -0.388 e. The summed E-state index contributed by atoms with van der Waals surface area (Å²) in [4.78, 5) is 0. The molecule has 1 saturated carbocycles. The summed E-state index contributed by atoms with van der Waals surface area (Å²) in [6.07, 6.45) is -0.984. The van der Waals surface area contributed by atoms with Crippen LogP contribution in [0.5, 0.6) is 0 Å². The number of aryl methyl sites for hydroxylation is 1. The largest absolute Gasteiger partial charge is 0.416 e. The Balaban J connectivity index is 2.09. The van der Waals surface area contributed by atoms with Crippen molar-refractivity contribution in [3.05, 3.63) is 29.3 Å². The number of aliphatic hydroxyl groups is 1. The number of benzene rings is 1. The molecule has 106 valence electrons. The molecule has 0 bridgehead atoms. The monoisotopic (exact) mass is 273 g/mol. The molecule has 0 atom stereocenters. The molecule has 0 aliphatic heterocycles. The molecule has 0 radical (unpaired) electrons. The van der Waals surface area contributed by atoms with Crippen LogP contribution in [-0.2, 0) is 6.18 Å². The van der Waals surface area contributed by atoms with Gasteiger partial charge in [-0.15, -0.1) is 0 Å². The standard InChI is InChI=1S/C14H18F3NO/c1-10-4-5-11(8-12(10)14(15,16)17)18-9-13(19)6-2-3-7-13/h4-5,8,18-19H,2-3,6-7,9H2,1H3. The molecular formula is C14H18F3NO. The fraction of sp³-hybridized carbons (Fsp3) is 0.571. The van der Waals surface area contributed by atoms with Crippen LogP contribution >= 0.6 is 0 Å². The fourth-order valence-corrected chi connectivity index (χ4v) is 2.51. The van der Waals surface area contributed by atoms with Crippen LogP contribution in [0.1, 0.15) is 36.8 Å². The predicted octanol–water partition coefficient (Wildman–Crippen LogP) is 3.73. The van der Waals surface area contributed by atoms with Gasteiger partial charge in [0.1, 0.15) is 0 Å². The van der Waals surface area contributed by atoms with Crippen LogP contribution in [0.25, 0.3) is 0 Å². The lowest BCUT2D eigenvalue weighted by Crippen LogP contribution is -2.33. The normalized spacial score (nSPS) is 18.6. The van der Waals surface area contributed by atoms with Crippen molar-refractivity contribution in [2.24, 2.45) is 0 Å². The van der Waals surface area contributed by atoms with Crippen molar-refractivity contribution in [2.75, 3.05) is 11.9 Å². The van der Waals surface area contributed by atoms with Gasteiger partial charge in [0.15, 0.2) is 0 Å². The maximum absolute atomic E-state index is 12.8. The van der Waals surface area contributed by atoms with E-state index in [0.717, 1.165) is 18.9 Å². The lowest BCUT2D eigenvalue weighted by Gasteiger charge is -2.23. The zero-order valence-electron chi connectivity index (χ0n) is 10.8. The molecule has 19 heavy (non-hydrogen) atoms. The molecule has 1 aliphatic carbocycles. The van der Waals surface area contributed by atoms with Gasteiger partial charge in [-0.25, -0.2) is 0 Å². The number of alkyl halides is 3. The Morgan fingerprint density at radius 3 is 2.47 bits per heavy atom. The molecule has 1 aliphatic rings. The smallest absolute Gasteiger partial charge is 0.388 e. The summed E-state index contributed by atoms with van der Waals surface area (Å²) in [5, 5.41) is 13.1. The second-order valence-electron chi connectivity index (χ2n) is 5.31. The van der Waals surface area contributed by atoms with E-state index < -0.39 is 17.3 Å². The van der Waals surface area contributed by atoms with Gasteiger partial charge in [-0.1, -0.05) is 18.9 Å². The van der Waals surface area contributed by atoms with Gasteiger partial charge in [0, 0.05) is 12.2 Å². The molecule has 0 aromatic heterocycles. The van der Waals surface area contributed by atoms with E-state index >= 15 is 0 Å². The van der Waals surface area contributed by atoms with Gasteiger partial charge >= 0.3 is 6.18 Å². The molecular weight excluding hydrogens is 255 g/mol. The number of hydrogen-bond donors (Lipinski definition) is 2. The highest BCUT2D eigenvalue weighted by Crippen LogP contribution is 2.34. The van der Waals surface area contributed by atoms with Gasteiger partial charge in [-0.3, -0.25) is 0 Å². The first kappa shape index (κ1) is 14.2. The van der Waals surface area contributed by atoms with Crippen LogP contribution in [0.15, 0.2) is 18.2 Å². The highest BCUT2D eigenvalue weighted by atomic mass is 19.4. The Kier molecular flexibility index (Phi) is 3.76. The van der Waals surface area contributed by atoms with Crippen molar-refractivity contribution in [3.8, 4) is 0 Å². The SMILES string of the molecule is Cc1ccc(NCC2(O)CCCC2)cc1C(F)(F)F. The maximum Gasteiger partial charge on any atom is 0.416 e. The van der Waals surface area contributed by atoms with Gasteiger partial charge < -0.3 is 10.4 Å². The second-order valence-corrected chi connectivity index (χ2v) is 5.31. The van der Waals surface area contributed by atoms with Gasteiger partial charge in [0.25, 0.3) is 0 Å². The Morgan fingerprint density at radius 2 is 1.89 bits per heavy atom. The number of hydrogen-bond acceptors (Lipinski definition) is 2. The Labute approximate surface area is 110 Å². The molecule has 2 nitrogen and oxygen atoms in total. The average Bonchev–Trinajstić information content (AvgIpc) is 2.74. The zero-order valence-corrected chi connectivity index (χ0v) is 10.8. The van der Waals surface area contributed by atoms with Crippen molar-refractivity contribution in [3.63, 3.8) is 0 Å². The first-order chi connectivity index (χ1) is 8.80. The van der Waals surface area contributed by atoms with Gasteiger partial charge in [-0.05, 0) is 37.5 Å². The summed E-state index contributed by atoms with van der Waals surface area (Å²) >= 11 is 0. The second kappa shape index (κ2) is 5.04. The maximum atomic E-state index is 12.8. The summed E-state index contributed by atoms with van der Waals surface area (Å²) in [6, 6.07) is 4.17. The summed E-state index contributed by atoms with van der Waals surface area (Å²) < 4.78 is 38.3. The molecule has 0 unspecified atom stereocenters.